The lowest BCUT2D eigenvalue weighted by atomic mass is 10.1. The molecule has 3 rings (SSSR count). The van der Waals surface area contributed by atoms with Gasteiger partial charge < -0.3 is 35.3 Å². The fourth-order valence-corrected chi connectivity index (χ4v) is 5.28. The molecule has 0 saturated heterocycles. The van der Waals surface area contributed by atoms with E-state index >= 15 is 0 Å². The average molecular weight is 612 g/mol. The van der Waals surface area contributed by atoms with Crippen LogP contribution in [0.2, 0.25) is 0 Å². The molecule has 0 aromatic heterocycles. The van der Waals surface area contributed by atoms with Crippen molar-refractivity contribution in [1.82, 2.24) is 0 Å². The van der Waals surface area contributed by atoms with Gasteiger partial charge in [0.15, 0.2) is 9.84 Å². The lowest BCUT2D eigenvalue weighted by molar-refractivity contribution is -0.118. The van der Waals surface area contributed by atoms with E-state index in [0.29, 0.717) is 64.0 Å². The number of rotatable bonds is 15. The zero-order valence-corrected chi connectivity index (χ0v) is 25.5. The first-order valence-electron chi connectivity index (χ1n) is 13.4. The van der Waals surface area contributed by atoms with Crippen molar-refractivity contribution in [1.29, 1.82) is 0 Å². The highest BCUT2D eigenvalue weighted by Crippen LogP contribution is 2.35. The number of carbonyl (C=O) groups excluding carboxylic acids is 2. The van der Waals surface area contributed by atoms with Crippen molar-refractivity contribution in [3.63, 3.8) is 0 Å². The summed E-state index contributed by atoms with van der Waals surface area (Å²) in [5.74, 6) is 0.866. The molecule has 0 unspecified atom stereocenters. The molecule has 43 heavy (non-hydrogen) atoms. The van der Waals surface area contributed by atoms with E-state index in [1.54, 1.807) is 54.6 Å². The third-order valence-corrected chi connectivity index (χ3v) is 7.68. The molecule has 0 saturated carbocycles. The molecule has 0 heterocycles. The van der Waals surface area contributed by atoms with Crippen LogP contribution >= 0.6 is 0 Å². The molecule has 12 heteroatoms. The van der Waals surface area contributed by atoms with Crippen molar-refractivity contribution in [3.05, 3.63) is 71.1 Å². The monoisotopic (exact) mass is 611 g/mol. The SMILES string of the molecule is COc1cc(OC)c(/C=C/S(=O)(=O)Cc2ccc(OC)c(NC(=O)CCCCC(=O)Nc3ccccc3N)c2)c(OC)c1. The number of anilines is 3. The number of amides is 2. The van der Waals surface area contributed by atoms with Crippen LogP contribution in [0.25, 0.3) is 6.08 Å². The summed E-state index contributed by atoms with van der Waals surface area (Å²) in [5, 5.41) is 6.63. The maximum Gasteiger partial charge on any atom is 0.224 e. The van der Waals surface area contributed by atoms with E-state index in [1.807, 2.05) is 0 Å². The van der Waals surface area contributed by atoms with Crippen LogP contribution in [0, 0.1) is 0 Å². The second-order valence-electron chi connectivity index (χ2n) is 9.48. The van der Waals surface area contributed by atoms with E-state index in [2.05, 4.69) is 10.6 Å². The zero-order chi connectivity index (χ0) is 31.4. The van der Waals surface area contributed by atoms with Crippen molar-refractivity contribution in [3.8, 4) is 23.0 Å². The Hall–Kier alpha value is -4.71. The predicted octanol–water partition coefficient (Wildman–Crippen LogP) is 5.03. The smallest absolute Gasteiger partial charge is 0.224 e. The molecule has 3 aromatic rings. The average Bonchev–Trinajstić information content (AvgIpc) is 2.99. The molecule has 0 spiro atoms. The number of methoxy groups -OCH3 is 4. The highest BCUT2D eigenvalue weighted by Gasteiger charge is 2.16. The second-order valence-corrected chi connectivity index (χ2v) is 11.4. The Labute approximate surface area is 251 Å². The maximum atomic E-state index is 13.0. The standard InChI is InChI=1S/C31H37N3O8S/c1-39-22-18-28(41-3)23(29(19-22)42-4)15-16-43(37,38)20-21-13-14-27(40-2)26(17-21)34-31(36)12-8-7-11-30(35)33-25-10-6-5-9-24(25)32/h5-6,9-10,13-19H,7-8,11-12,20,32H2,1-4H3,(H,33,35)(H,34,36)/b16-15+. The Balaban J connectivity index is 1.61. The molecular formula is C31H37N3O8S. The number of sulfone groups is 1. The highest BCUT2D eigenvalue weighted by molar-refractivity contribution is 7.93. The van der Waals surface area contributed by atoms with Gasteiger partial charge in [-0.3, -0.25) is 9.59 Å². The van der Waals surface area contributed by atoms with Gasteiger partial charge in [0.25, 0.3) is 0 Å². The molecule has 11 nitrogen and oxygen atoms in total. The van der Waals surface area contributed by atoms with Crippen molar-refractivity contribution < 1.29 is 37.0 Å². The summed E-state index contributed by atoms with van der Waals surface area (Å²) in [4.78, 5) is 24.8. The molecule has 230 valence electrons. The van der Waals surface area contributed by atoms with Gasteiger partial charge in [-0.15, -0.1) is 0 Å². The summed E-state index contributed by atoms with van der Waals surface area (Å²) < 4.78 is 47.3. The minimum Gasteiger partial charge on any atom is -0.496 e. The predicted molar refractivity (Wildman–Crippen MR) is 167 cm³/mol. The van der Waals surface area contributed by atoms with Gasteiger partial charge in [0, 0.05) is 30.4 Å². The van der Waals surface area contributed by atoms with Gasteiger partial charge in [-0.25, -0.2) is 8.42 Å². The fourth-order valence-electron chi connectivity index (χ4n) is 4.20. The summed E-state index contributed by atoms with van der Waals surface area (Å²) in [6.45, 7) is 0. The van der Waals surface area contributed by atoms with Crippen LogP contribution in [-0.4, -0.2) is 48.7 Å². The van der Waals surface area contributed by atoms with Crippen LogP contribution in [0.3, 0.4) is 0 Å². The number of para-hydroxylation sites is 2. The van der Waals surface area contributed by atoms with Gasteiger partial charge in [-0.1, -0.05) is 18.2 Å². The molecule has 3 aromatic carbocycles. The van der Waals surface area contributed by atoms with Gasteiger partial charge in [0.05, 0.1) is 56.8 Å². The van der Waals surface area contributed by atoms with Gasteiger partial charge >= 0.3 is 0 Å². The normalized spacial score (nSPS) is 11.2. The van der Waals surface area contributed by atoms with Crippen LogP contribution < -0.4 is 35.3 Å². The molecule has 2 amide bonds. The van der Waals surface area contributed by atoms with Crippen molar-refractivity contribution in [2.45, 2.75) is 31.4 Å². The number of nitrogens with two attached hydrogens (primary N) is 1. The van der Waals surface area contributed by atoms with Crippen LogP contribution in [0.4, 0.5) is 17.1 Å². The van der Waals surface area contributed by atoms with E-state index in [1.165, 1.54) is 34.5 Å². The molecule has 0 aliphatic rings. The molecule has 0 bridgehead atoms. The first-order valence-corrected chi connectivity index (χ1v) is 15.1. The van der Waals surface area contributed by atoms with Gasteiger partial charge in [-0.2, -0.15) is 0 Å². The number of nitrogen functional groups attached to an aromatic ring is 1. The van der Waals surface area contributed by atoms with E-state index in [0.717, 1.165) is 5.41 Å². The fraction of sp³-hybridized carbons (Fsp3) is 0.290. The third-order valence-electron chi connectivity index (χ3n) is 6.39. The zero-order valence-electron chi connectivity index (χ0n) is 24.6. The Kier molecular flexibility index (Phi) is 11.8. The number of nitrogens with one attached hydrogen (secondary N) is 2. The summed E-state index contributed by atoms with van der Waals surface area (Å²) >= 11 is 0. The quantitative estimate of drug-likeness (QED) is 0.159. The topological polar surface area (TPSA) is 155 Å². The molecule has 0 aliphatic carbocycles. The number of unbranched alkanes of at least 4 members (excludes halogenated alkanes) is 1. The van der Waals surface area contributed by atoms with E-state index in [4.69, 9.17) is 24.7 Å². The van der Waals surface area contributed by atoms with E-state index in [-0.39, 0.29) is 30.4 Å². The lowest BCUT2D eigenvalue weighted by Gasteiger charge is -2.13. The minimum absolute atomic E-state index is 0.167. The van der Waals surface area contributed by atoms with Crippen LogP contribution in [0.15, 0.2) is 60.0 Å². The highest BCUT2D eigenvalue weighted by atomic mass is 32.2. The first kappa shape index (κ1) is 32.8. The molecule has 4 N–H and O–H groups in total. The van der Waals surface area contributed by atoms with Crippen LogP contribution in [0.5, 0.6) is 23.0 Å². The molecule has 0 radical (unpaired) electrons. The third kappa shape index (κ3) is 9.67. The number of hydrogen-bond donors (Lipinski definition) is 3. The Morgan fingerprint density at radius 2 is 1.35 bits per heavy atom. The summed E-state index contributed by atoms with van der Waals surface area (Å²) in [7, 11) is 2.15. The summed E-state index contributed by atoms with van der Waals surface area (Å²) in [6.07, 6.45) is 2.79. The summed E-state index contributed by atoms with van der Waals surface area (Å²) in [6, 6.07) is 15.0. The number of benzene rings is 3. The van der Waals surface area contributed by atoms with Crippen molar-refractivity contribution >= 4 is 44.8 Å². The maximum absolute atomic E-state index is 13.0. The van der Waals surface area contributed by atoms with Gasteiger partial charge in [0.1, 0.15) is 23.0 Å². The summed E-state index contributed by atoms with van der Waals surface area (Å²) in [5.41, 5.74) is 8.12. The van der Waals surface area contributed by atoms with E-state index < -0.39 is 9.84 Å². The molecular weight excluding hydrogens is 574 g/mol. The van der Waals surface area contributed by atoms with Crippen molar-refractivity contribution in [2.75, 3.05) is 44.8 Å². The number of hydrogen-bond acceptors (Lipinski definition) is 9. The van der Waals surface area contributed by atoms with Gasteiger partial charge in [-0.05, 0) is 48.7 Å². The minimum atomic E-state index is -3.74. The Morgan fingerprint density at radius 1 is 0.767 bits per heavy atom. The van der Waals surface area contributed by atoms with Crippen LogP contribution in [0.1, 0.15) is 36.8 Å². The van der Waals surface area contributed by atoms with Crippen LogP contribution in [-0.2, 0) is 25.2 Å². The van der Waals surface area contributed by atoms with Gasteiger partial charge in [0.2, 0.25) is 11.8 Å². The molecule has 0 fully saturated rings. The first-order chi connectivity index (χ1) is 20.6. The molecule has 0 aliphatic heterocycles. The van der Waals surface area contributed by atoms with E-state index in [9.17, 15) is 18.0 Å². The number of ether oxygens (including phenoxy) is 4. The van der Waals surface area contributed by atoms with Crippen molar-refractivity contribution in [2.24, 2.45) is 0 Å². The molecule has 0 atom stereocenters. The second kappa shape index (κ2) is 15.5. The lowest BCUT2D eigenvalue weighted by Crippen LogP contribution is -2.14. The Morgan fingerprint density at radius 3 is 1.91 bits per heavy atom. The largest absolute Gasteiger partial charge is 0.496 e. The number of carbonyl (C=O) groups is 2. The Bertz CT molecular complexity index is 1550.